The van der Waals surface area contributed by atoms with Crippen LogP contribution in [0.3, 0.4) is 0 Å². The van der Waals surface area contributed by atoms with Crippen molar-refractivity contribution >= 4 is 17.1 Å². The Bertz CT molecular complexity index is 999. The predicted octanol–water partition coefficient (Wildman–Crippen LogP) is 4.15. The van der Waals surface area contributed by atoms with Gasteiger partial charge in [-0.15, -0.1) is 0 Å². The molecule has 0 N–H and O–H groups in total. The van der Waals surface area contributed by atoms with E-state index in [4.69, 9.17) is 9.15 Å². The molecule has 0 aliphatic heterocycles. The zero-order valence-electron chi connectivity index (χ0n) is 13.0. The number of carbonyl (C=O) groups is 1. The third kappa shape index (κ3) is 2.67. The Morgan fingerprint density at radius 3 is 2.58 bits per heavy atom. The third-order valence-corrected chi connectivity index (χ3v) is 3.68. The maximum Gasteiger partial charge on any atom is 0.343 e. The van der Waals surface area contributed by atoms with Gasteiger partial charge in [0.1, 0.15) is 11.3 Å². The number of hydrogen-bond acceptors (Lipinski definition) is 4. The van der Waals surface area contributed by atoms with E-state index in [0.29, 0.717) is 22.8 Å². The molecule has 5 heteroatoms. The number of oxazole rings is 1. The molecule has 0 aliphatic carbocycles. The molecule has 0 spiro atoms. The van der Waals surface area contributed by atoms with Crippen molar-refractivity contribution in [3.05, 3.63) is 78.4 Å². The van der Waals surface area contributed by atoms with Crippen LogP contribution in [0, 0.1) is 6.92 Å². The zero-order chi connectivity index (χ0) is 16.5. The number of fused-ring (bicyclic) bond motifs is 1. The minimum atomic E-state index is -0.412. The van der Waals surface area contributed by atoms with Crippen LogP contribution in [0.5, 0.6) is 5.75 Å². The van der Waals surface area contributed by atoms with Crippen LogP contribution >= 0.6 is 0 Å². The van der Waals surface area contributed by atoms with Crippen LogP contribution in [0.4, 0.5) is 0 Å². The summed E-state index contributed by atoms with van der Waals surface area (Å²) in [7, 11) is 0. The Morgan fingerprint density at radius 1 is 1.08 bits per heavy atom. The third-order valence-electron chi connectivity index (χ3n) is 3.68. The molecule has 2 heterocycles. The molecule has 0 fully saturated rings. The first-order valence-corrected chi connectivity index (χ1v) is 7.52. The summed E-state index contributed by atoms with van der Waals surface area (Å²) in [4.78, 5) is 16.5. The summed E-state index contributed by atoms with van der Waals surface area (Å²) in [5.41, 5.74) is 2.80. The van der Waals surface area contributed by atoms with Gasteiger partial charge in [0.15, 0.2) is 11.5 Å². The van der Waals surface area contributed by atoms with Crippen LogP contribution in [0.15, 0.2) is 71.4 Å². The number of nitrogens with zero attached hydrogens (tertiary/aromatic N) is 2. The lowest BCUT2D eigenvalue weighted by Crippen LogP contribution is -2.08. The summed E-state index contributed by atoms with van der Waals surface area (Å²) < 4.78 is 12.8. The molecule has 5 nitrogen and oxygen atoms in total. The van der Waals surface area contributed by atoms with Gasteiger partial charge in [-0.1, -0.05) is 0 Å². The molecule has 0 saturated heterocycles. The van der Waals surface area contributed by atoms with Crippen molar-refractivity contribution in [3.63, 3.8) is 0 Å². The highest BCUT2D eigenvalue weighted by molar-refractivity contribution is 5.91. The van der Waals surface area contributed by atoms with Crippen molar-refractivity contribution in [3.8, 4) is 11.4 Å². The standard InChI is InChI=1S/C19H14N2O3/c1-13-20-17-9-8-16(12-18(17)23-13)24-19(22)14-4-6-15(7-5-14)21-10-2-3-11-21/h2-12H,1H3. The van der Waals surface area contributed by atoms with E-state index in [9.17, 15) is 4.79 Å². The van der Waals surface area contributed by atoms with Gasteiger partial charge in [0, 0.05) is 31.1 Å². The van der Waals surface area contributed by atoms with Crippen molar-refractivity contribution in [1.29, 1.82) is 0 Å². The molecule has 2 aromatic heterocycles. The van der Waals surface area contributed by atoms with Gasteiger partial charge in [-0.3, -0.25) is 0 Å². The van der Waals surface area contributed by atoms with Crippen molar-refractivity contribution in [1.82, 2.24) is 9.55 Å². The van der Waals surface area contributed by atoms with E-state index >= 15 is 0 Å². The fourth-order valence-corrected chi connectivity index (χ4v) is 2.53. The van der Waals surface area contributed by atoms with Gasteiger partial charge in [-0.05, 0) is 48.5 Å². The van der Waals surface area contributed by atoms with Crippen LogP contribution < -0.4 is 4.74 Å². The lowest BCUT2D eigenvalue weighted by atomic mass is 10.2. The van der Waals surface area contributed by atoms with Crippen LogP contribution in [0.25, 0.3) is 16.8 Å². The van der Waals surface area contributed by atoms with E-state index in [1.54, 1.807) is 37.3 Å². The number of hydrogen-bond donors (Lipinski definition) is 0. The summed E-state index contributed by atoms with van der Waals surface area (Å²) in [5, 5.41) is 0. The maximum atomic E-state index is 12.3. The fourth-order valence-electron chi connectivity index (χ4n) is 2.53. The van der Waals surface area contributed by atoms with Gasteiger partial charge in [0.25, 0.3) is 0 Å². The zero-order valence-corrected chi connectivity index (χ0v) is 13.0. The second kappa shape index (κ2) is 5.70. The van der Waals surface area contributed by atoms with Crippen molar-refractivity contribution in [2.45, 2.75) is 6.92 Å². The maximum absolute atomic E-state index is 12.3. The summed E-state index contributed by atoms with van der Waals surface area (Å²) in [6.07, 6.45) is 3.89. The van der Waals surface area contributed by atoms with Crippen molar-refractivity contribution in [2.75, 3.05) is 0 Å². The number of benzene rings is 2. The number of esters is 1. The Kier molecular flexibility index (Phi) is 3.39. The Hall–Kier alpha value is -3.34. The second-order valence-electron chi connectivity index (χ2n) is 5.39. The number of rotatable bonds is 3. The van der Waals surface area contributed by atoms with E-state index in [2.05, 4.69) is 4.98 Å². The van der Waals surface area contributed by atoms with Crippen LogP contribution in [0.2, 0.25) is 0 Å². The lowest BCUT2D eigenvalue weighted by molar-refractivity contribution is 0.0735. The number of carbonyl (C=O) groups excluding carboxylic acids is 1. The Balaban J connectivity index is 1.54. The molecule has 118 valence electrons. The van der Waals surface area contributed by atoms with Crippen molar-refractivity contribution < 1.29 is 13.9 Å². The average molecular weight is 318 g/mol. The molecule has 0 aliphatic rings. The number of aromatic nitrogens is 2. The van der Waals surface area contributed by atoms with Gasteiger partial charge in [0.05, 0.1) is 5.56 Å². The number of ether oxygens (including phenoxy) is 1. The topological polar surface area (TPSA) is 57.3 Å². The first-order valence-electron chi connectivity index (χ1n) is 7.52. The van der Waals surface area contributed by atoms with Crippen LogP contribution in [0.1, 0.15) is 16.2 Å². The Morgan fingerprint density at radius 2 is 1.83 bits per heavy atom. The molecule has 4 rings (SSSR count). The molecule has 0 radical (unpaired) electrons. The monoisotopic (exact) mass is 318 g/mol. The van der Waals surface area contributed by atoms with Gasteiger partial charge in [-0.25, -0.2) is 9.78 Å². The normalized spacial score (nSPS) is 10.9. The molecule has 0 amide bonds. The van der Waals surface area contributed by atoms with Gasteiger partial charge < -0.3 is 13.7 Å². The molecule has 0 saturated carbocycles. The minimum Gasteiger partial charge on any atom is -0.441 e. The highest BCUT2D eigenvalue weighted by Crippen LogP contribution is 2.22. The number of aryl methyl sites for hydroxylation is 1. The quantitative estimate of drug-likeness (QED) is 0.421. The van der Waals surface area contributed by atoms with E-state index < -0.39 is 5.97 Å². The summed E-state index contributed by atoms with van der Waals surface area (Å²) in [6, 6.07) is 16.3. The molecular weight excluding hydrogens is 304 g/mol. The molecule has 0 atom stereocenters. The molecule has 0 unspecified atom stereocenters. The van der Waals surface area contributed by atoms with Gasteiger partial charge in [0.2, 0.25) is 0 Å². The highest BCUT2D eigenvalue weighted by Gasteiger charge is 2.11. The molecular formula is C19H14N2O3. The Labute approximate surface area is 138 Å². The summed E-state index contributed by atoms with van der Waals surface area (Å²) >= 11 is 0. The SMILES string of the molecule is Cc1nc2ccc(OC(=O)c3ccc(-n4cccc4)cc3)cc2o1. The largest absolute Gasteiger partial charge is 0.441 e. The predicted molar refractivity (Wildman–Crippen MR) is 89.5 cm³/mol. The van der Waals surface area contributed by atoms with Crippen LogP contribution in [-0.2, 0) is 0 Å². The smallest absolute Gasteiger partial charge is 0.343 e. The van der Waals surface area contributed by atoms with Crippen LogP contribution in [-0.4, -0.2) is 15.5 Å². The molecule has 4 aromatic rings. The molecule has 2 aromatic carbocycles. The van der Waals surface area contributed by atoms with E-state index in [1.165, 1.54) is 0 Å². The van der Waals surface area contributed by atoms with Crippen molar-refractivity contribution in [2.24, 2.45) is 0 Å². The first-order chi connectivity index (χ1) is 11.7. The van der Waals surface area contributed by atoms with E-state index in [0.717, 1.165) is 11.2 Å². The first kappa shape index (κ1) is 14.3. The second-order valence-corrected chi connectivity index (χ2v) is 5.39. The van der Waals surface area contributed by atoms with E-state index in [1.807, 2.05) is 41.2 Å². The average Bonchev–Trinajstić information content (AvgIpc) is 3.23. The molecule has 0 bridgehead atoms. The summed E-state index contributed by atoms with van der Waals surface area (Å²) in [6.45, 7) is 1.78. The minimum absolute atomic E-state index is 0.412. The van der Waals surface area contributed by atoms with Gasteiger partial charge >= 0.3 is 5.97 Å². The van der Waals surface area contributed by atoms with Gasteiger partial charge in [-0.2, -0.15) is 0 Å². The van der Waals surface area contributed by atoms with E-state index in [-0.39, 0.29) is 0 Å². The lowest BCUT2D eigenvalue weighted by Gasteiger charge is -2.06. The summed E-state index contributed by atoms with van der Waals surface area (Å²) in [5.74, 6) is 0.594. The highest BCUT2D eigenvalue weighted by atomic mass is 16.5. The fraction of sp³-hybridized carbons (Fsp3) is 0.0526. The molecule has 24 heavy (non-hydrogen) atoms.